The van der Waals surface area contributed by atoms with Crippen molar-refractivity contribution >= 4 is 35.4 Å². The summed E-state index contributed by atoms with van der Waals surface area (Å²) in [6.45, 7) is 0. The molecule has 2 aromatic carbocycles. The van der Waals surface area contributed by atoms with E-state index < -0.39 is 6.04 Å². The molecule has 5 rings (SSSR count). The zero-order valence-electron chi connectivity index (χ0n) is 15.0. The number of halogens is 1. The number of aromatic amines is 1. The van der Waals surface area contributed by atoms with Gasteiger partial charge in [0.05, 0.1) is 5.69 Å². The molecule has 1 aliphatic heterocycles. The Hall–Kier alpha value is -3.78. The van der Waals surface area contributed by atoms with Crippen LogP contribution in [0.15, 0.2) is 59.4 Å². The van der Waals surface area contributed by atoms with Crippen molar-refractivity contribution in [3.8, 4) is 0 Å². The zero-order chi connectivity index (χ0) is 19.8. The largest absolute Gasteiger partial charge is 0.318 e. The third-order valence-electron chi connectivity index (χ3n) is 4.72. The summed E-state index contributed by atoms with van der Waals surface area (Å²) in [7, 11) is 0. The van der Waals surface area contributed by atoms with Crippen molar-refractivity contribution < 1.29 is 0 Å². The molecule has 8 nitrogen and oxygen atoms in total. The summed E-state index contributed by atoms with van der Waals surface area (Å²) in [5, 5.41) is 22.3. The maximum Gasteiger partial charge on any atom is 0.288 e. The van der Waals surface area contributed by atoms with Crippen molar-refractivity contribution in [1.29, 1.82) is 0 Å². The summed E-state index contributed by atoms with van der Waals surface area (Å²) in [5.74, 6) is 0.382. The van der Waals surface area contributed by atoms with E-state index >= 15 is 0 Å². The molecule has 2 N–H and O–H groups in total. The van der Waals surface area contributed by atoms with Crippen molar-refractivity contribution in [1.82, 2.24) is 30.4 Å². The van der Waals surface area contributed by atoms with E-state index in [0.29, 0.717) is 27.9 Å². The van der Waals surface area contributed by atoms with Gasteiger partial charge >= 0.3 is 0 Å². The molecular weight excluding hydrogens is 390 g/mol. The molecule has 4 aromatic rings. The number of anilines is 2. The van der Waals surface area contributed by atoms with Crippen LogP contribution < -0.4 is 10.9 Å². The van der Waals surface area contributed by atoms with E-state index in [9.17, 15) is 4.79 Å². The van der Waals surface area contributed by atoms with Crippen LogP contribution in [0.2, 0.25) is 5.02 Å². The molecule has 142 valence electrons. The lowest BCUT2D eigenvalue weighted by atomic mass is 9.94. The predicted octanol–water partition coefficient (Wildman–Crippen LogP) is 3.27. The van der Waals surface area contributed by atoms with Gasteiger partial charge in [-0.1, -0.05) is 65.2 Å². The highest BCUT2D eigenvalue weighted by molar-refractivity contribution is 6.30. The van der Waals surface area contributed by atoms with Crippen LogP contribution in [-0.2, 0) is 0 Å². The first-order valence-corrected chi connectivity index (χ1v) is 9.24. The van der Waals surface area contributed by atoms with Crippen molar-refractivity contribution in [2.75, 3.05) is 5.32 Å². The van der Waals surface area contributed by atoms with E-state index in [0.717, 1.165) is 11.1 Å². The van der Waals surface area contributed by atoms with Crippen molar-refractivity contribution in [2.45, 2.75) is 6.04 Å². The molecule has 29 heavy (non-hydrogen) atoms. The second kappa shape index (κ2) is 6.99. The average Bonchev–Trinajstić information content (AvgIpc) is 3.22. The summed E-state index contributed by atoms with van der Waals surface area (Å²) in [6, 6.07) is 16.8. The van der Waals surface area contributed by atoms with Gasteiger partial charge in [0.25, 0.3) is 5.56 Å². The number of benzene rings is 2. The number of rotatable bonds is 3. The van der Waals surface area contributed by atoms with Crippen LogP contribution in [0.3, 0.4) is 0 Å². The summed E-state index contributed by atoms with van der Waals surface area (Å²) in [5.41, 5.74) is 3.22. The highest BCUT2D eigenvalue weighted by Crippen LogP contribution is 2.38. The lowest BCUT2D eigenvalue weighted by molar-refractivity contribution is 0.565. The molecule has 3 heterocycles. The molecule has 0 saturated carbocycles. The van der Waals surface area contributed by atoms with Crippen LogP contribution in [0.1, 0.15) is 28.4 Å². The molecule has 0 saturated heterocycles. The van der Waals surface area contributed by atoms with E-state index in [-0.39, 0.29) is 5.56 Å². The van der Waals surface area contributed by atoms with Gasteiger partial charge in [-0.05, 0) is 39.8 Å². The Morgan fingerprint density at radius 1 is 1.03 bits per heavy atom. The lowest BCUT2D eigenvalue weighted by Gasteiger charge is -2.27. The summed E-state index contributed by atoms with van der Waals surface area (Å²) >= 11 is 6.07. The van der Waals surface area contributed by atoms with E-state index in [1.807, 2.05) is 54.6 Å². The summed E-state index contributed by atoms with van der Waals surface area (Å²) < 4.78 is 1.63. The van der Waals surface area contributed by atoms with Crippen molar-refractivity contribution in [3.63, 3.8) is 0 Å². The number of H-pyrrole nitrogens is 1. The fourth-order valence-electron chi connectivity index (χ4n) is 3.38. The van der Waals surface area contributed by atoms with E-state index in [2.05, 4.69) is 31.0 Å². The maximum absolute atomic E-state index is 12.5. The van der Waals surface area contributed by atoms with Crippen LogP contribution in [0, 0.1) is 0 Å². The van der Waals surface area contributed by atoms with Gasteiger partial charge in [0.1, 0.15) is 11.7 Å². The second-order valence-corrected chi connectivity index (χ2v) is 6.93. The second-order valence-electron chi connectivity index (χ2n) is 6.50. The number of nitrogens with one attached hydrogen (secondary N) is 2. The summed E-state index contributed by atoms with van der Waals surface area (Å²) in [6.07, 6.45) is 3.80. The van der Waals surface area contributed by atoms with E-state index in [4.69, 9.17) is 11.6 Å². The number of tetrazole rings is 1. The molecule has 1 aliphatic rings. The van der Waals surface area contributed by atoms with E-state index in [1.165, 1.54) is 0 Å². The Morgan fingerprint density at radius 2 is 1.83 bits per heavy atom. The Balaban J connectivity index is 1.71. The molecule has 0 aliphatic carbocycles. The molecular formula is C20H14ClN7O. The van der Waals surface area contributed by atoms with Gasteiger partial charge in [0.2, 0.25) is 5.95 Å². The summed E-state index contributed by atoms with van der Waals surface area (Å²) in [4.78, 5) is 12.5. The highest BCUT2D eigenvalue weighted by Gasteiger charge is 2.33. The minimum atomic E-state index is -0.432. The van der Waals surface area contributed by atoms with Gasteiger partial charge in [0, 0.05) is 10.6 Å². The molecule has 2 aromatic heterocycles. The zero-order valence-corrected chi connectivity index (χ0v) is 15.7. The topological polar surface area (TPSA) is 101 Å². The molecule has 0 unspecified atom stereocenters. The molecule has 0 spiro atoms. The third-order valence-corrected chi connectivity index (χ3v) is 4.97. The minimum absolute atomic E-state index is 0.343. The third kappa shape index (κ3) is 3.09. The van der Waals surface area contributed by atoms with Crippen LogP contribution in [0.5, 0.6) is 0 Å². The molecule has 0 fully saturated rings. The minimum Gasteiger partial charge on any atom is -0.318 e. The van der Waals surface area contributed by atoms with Crippen LogP contribution in [0.25, 0.3) is 12.2 Å². The first-order valence-electron chi connectivity index (χ1n) is 8.87. The number of nitrogens with zero attached hydrogens (tertiary/aromatic N) is 5. The number of hydrogen-bond donors (Lipinski definition) is 2. The fourth-order valence-corrected chi connectivity index (χ4v) is 3.51. The first kappa shape index (κ1) is 17.3. The van der Waals surface area contributed by atoms with Gasteiger partial charge in [0.15, 0.2) is 0 Å². The average molecular weight is 404 g/mol. The quantitative estimate of drug-likeness (QED) is 0.479. The Morgan fingerprint density at radius 3 is 2.62 bits per heavy atom. The van der Waals surface area contributed by atoms with Crippen LogP contribution in [-0.4, -0.2) is 30.4 Å². The van der Waals surface area contributed by atoms with Crippen LogP contribution in [0.4, 0.5) is 11.6 Å². The number of hydrogen-bond acceptors (Lipinski definition) is 6. The monoisotopic (exact) mass is 403 g/mol. The standard InChI is InChI=1S/C20H14ClN7O/c21-14-9-7-13(8-10-14)18-16-15(11-6-12-4-2-1-3-5-12)23-24-19(29)17(16)22-20-25-26-27-28(18)20/h1-11,18H,(H,24,29)(H,22,25,27)/b11-6+/t18-/m0/s1. The Bertz CT molecular complexity index is 1260. The van der Waals surface area contributed by atoms with Crippen LogP contribution >= 0.6 is 11.6 Å². The van der Waals surface area contributed by atoms with Crippen molar-refractivity contribution in [3.05, 3.63) is 92.4 Å². The smallest absolute Gasteiger partial charge is 0.288 e. The van der Waals surface area contributed by atoms with Gasteiger partial charge in [-0.25, -0.2) is 5.10 Å². The lowest BCUT2D eigenvalue weighted by Crippen LogP contribution is -2.29. The van der Waals surface area contributed by atoms with Gasteiger partial charge in [-0.2, -0.15) is 9.78 Å². The number of fused-ring (bicyclic) bond motifs is 2. The van der Waals surface area contributed by atoms with E-state index in [1.54, 1.807) is 16.8 Å². The van der Waals surface area contributed by atoms with Crippen molar-refractivity contribution in [2.24, 2.45) is 0 Å². The Kier molecular flexibility index (Phi) is 4.18. The normalized spacial score (nSPS) is 15.0. The molecule has 0 radical (unpaired) electrons. The Labute approximate surface area is 169 Å². The van der Waals surface area contributed by atoms with Gasteiger partial charge in [-0.3, -0.25) is 4.79 Å². The predicted molar refractivity (Wildman–Crippen MR) is 110 cm³/mol. The molecule has 0 bridgehead atoms. The maximum atomic E-state index is 12.5. The van der Waals surface area contributed by atoms with Gasteiger partial charge in [-0.15, -0.1) is 0 Å². The number of aromatic nitrogens is 6. The molecule has 9 heteroatoms. The van der Waals surface area contributed by atoms with Gasteiger partial charge < -0.3 is 5.32 Å². The fraction of sp³-hybridized carbons (Fsp3) is 0.0500. The molecule has 1 atom stereocenters. The highest BCUT2D eigenvalue weighted by atomic mass is 35.5. The molecule has 0 amide bonds. The first-order chi connectivity index (χ1) is 14.2. The SMILES string of the molecule is O=c1[nH]nc(/C=C/c2ccccc2)c2c1Nc1nnnn1[C@H]2c1ccc(Cl)cc1.